The highest BCUT2D eigenvalue weighted by molar-refractivity contribution is 5.98. The molecule has 0 unspecified atom stereocenters. The molecule has 1 aromatic heterocycles. The molecule has 6 nitrogen and oxygen atoms in total. The predicted molar refractivity (Wildman–Crippen MR) is 102 cm³/mol. The van der Waals surface area contributed by atoms with E-state index in [0.29, 0.717) is 18.7 Å². The van der Waals surface area contributed by atoms with Crippen molar-refractivity contribution in [3.05, 3.63) is 52.9 Å². The molecule has 144 valence electrons. The highest BCUT2D eigenvalue weighted by atomic mass is 16.5. The fraction of sp³-hybridized carbons (Fsp3) is 0.476. The molecule has 0 saturated carbocycles. The van der Waals surface area contributed by atoms with E-state index < -0.39 is 0 Å². The number of amides is 1. The molecule has 1 fully saturated rings. The summed E-state index contributed by atoms with van der Waals surface area (Å²) < 4.78 is 5.25. The SMILES string of the molecule is CCc1ccc(C(=O)CCC(=O)N2CCN(Cc3cc(C)no3)CC2)cc1. The number of benzene rings is 1. The number of nitrogens with zero attached hydrogens (tertiary/aromatic N) is 3. The van der Waals surface area contributed by atoms with Crippen molar-refractivity contribution >= 4 is 11.7 Å². The van der Waals surface area contributed by atoms with Gasteiger partial charge in [-0.2, -0.15) is 0 Å². The minimum Gasteiger partial charge on any atom is -0.360 e. The molecule has 1 aliphatic rings. The van der Waals surface area contributed by atoms with E-state index in [0.717, 1.165) is 37.5 Å². The molecule has 3 rings (SSSR count). The number of Topliss-reactive ketones (excluding diaryl/α,β-unsaturated/α-hetero) is 1. The van der Waals surface area contributed by atoms with Crippen LogP contribution in [-0.2, 0) is 17.8 Å². The lowest BCUT2D eigenvalue weighted by atomic mass is 10.0. The highest BCUT2D eigenvalue weighted by Crippen LogP contribution is 2.13. The molecule has 1 aromatic carbocycles. The van der Waals surface area contributed by atoms with E-state index in [1.165, 1.54) is 5.56 Å². The first-order chi connectivity index (χ1) is 13.0. The lowest BCUT2D eigenvalue weighted by molar-refractivity contribution is -0.133. The summed E-state index contributed by atoms with van der Waals surface area (Å²) in [6.45, 7) is 7.69. The molecule has 2 heterocycles. The molecular formula is C21H27N3O3. The number of hydrogen-bond acceptors (Lipinski definition) is 5. The van der Waals surface area contributed by atoms with Crippen molar-refractivity contribution in [3.8, 4) is 0 Å². The zero-order valence-corrected chi connectivity index (χ0v) is 16.1. The molecule has 0 aliphatic carbocycles. The fourth-order valence-corrected chi connectivity index (χ4v) is 3.32. The van der Waals surface area contributed by atoms with Crippen molar-refractivity contribution < 1.29 is 14.1 Å². The standard InChI is InChI=1S/C21H27N3O3/c1-3-17-4-6-18(7-5-17)20(25)8-9-21(26)24-12-10-23(11-13-24)15-19-14-16(2)22-27-19/h4-7,14H,3,8-13,15H2,1-2H3. The van der Waals surface area contributed by atoms with Gasteiger partial charge in [-0.05, 0) is 18.9 Å². The molecule has 0 N–H and O–H groups in total. The van der Waals surface area contributed by atoms with E-state index >= 15 is 0 Å². The Morgan fingerprint density at radius 1 is 1.07 bits per heavy atom. The summed E-state index contributed by atoms with van der Waals surface area (Å²) >= 11 is 0. The monoisotopic (exact) mass is 369 g/mol. The molecule has 0 bridgehead atoms. The minimum atomic E-state index is 0.0327. The van der Waals surface area contributed by atoms with Gasteiger partial charge in [0, 0.05) is 50.7 Å². The van der Waals surface area contributed by atoms with Gasteiger partial charge in [-0.1, -0.05) is 36.3 Å². The molecular weight excluding hydrogens is 342 g/mol. The number of hydrogen-bond donors (Lipinski definition) is 0. The van der Waals surface area contributed by atoms with E-state index in [2.05, 4.69) is 17.0 Å². The summed E-state index contributed by atoms with van der Waals surface area (Å²) in [4.78, 5) is 28.8. The zero-order chi connectivity index (χ0) is 19.2. The van der Waals surface area contributed by atoms with Crippen LogP contribution in [0.25, 0.3) is 0 Å². The lowest BCUT2D eigenvalue weighted by Crippen LogP contribution is -2.48. The Morgan fingerprint density at radius 2 is 1.78 bits per heavy atom. The number of aromatic nitrogens is 1. The third-order valence-corrected chi connectivity index (χ3v) is 5.03. The maximum atomic E-state index is 12.4. The van der Waals surface area contributed by atoms with Crippen molar-refractivity contribution in [2.45, 2.75) is 39.7 Å². The number of piperazine rings is 1. The van der Waals surface area contributed by atoms with E-state index in [1.807, 2.05) is 42.2 Å². The van der Waals surface area contributed by atoms with Crippen LogP contribution in [0.3, 0.4) is 0 Å². The third kappa shape index (κ3) is 5.26. The van der Waals surface area contributed by atoms with Crippen LogP contribution in [0.2, 0.25) is 0 Å². The largest absolute Gasteiger partial charge is 0.360 e. The van der Waals surface area contributed by atoms with Gasteiger partial charge in [0.05, 0.1) is 12.2 Å². The van der Waals surface area contributed by atoms with Crippen LogP contribution in [-0.4, -0.2) is 52.8 Å². The molecule has 6 heteroatoms. The number of ketones is 1. The lowest BCUT2D eigenvalue weighted by Gasteiger charge is -2.34. The maximum absolute atomic E-state index is 12.4. The van der Waals surface area contributed by atoms with Gasteiger partial charge in [-0.3, -0.25) is 14.5 Å². The summed E-state index contributed by atoms with van der Waals surface area (Å²) in [5, 5.41) is 3.90. The normalized spacial score (nSPS) is 15.1. The third-order valence-electron chi connectivity index (χ3n) is 5.03. The van der Waals surface area contributed by atoms with Crippen LogP contribution >= 0.6 is 0 Å². The van der Waals surface area contributed by atoms with Gasteiger partial charge in [-0.25, -0.2) is 0 Å². The first-order valence-electron chi connectivity index (χ1n) is 9.59. The Bertz CT molecular complexity index is 774. The van der Waals surface area contributed by atoms with Crippen LogP contribution in [0.1, 0.15) is 47.1 Å². The summed E-state index contributed by atoms with van der Waals surface area (Å²) in [5.41, 5.74) is 2.78. The Morgan fingerprint density at radius 3 is 2.37 bits per heavy atom. The predicted octanol–water partition coefficient (Wildman–Crippen LogP) is 2.85. The van der Waals surface area contributed by atoms with E-state index in [9.17, 15) is 9.59 Å². The van der Waals surface area contributed by atoms with Crippen LogP contribution < -0.4 is 0 Å². The van der Waals surface area contributed by atoms with Crippen molar-refractivity contribution in [2.24, 2.45) is 0 Å². The molecule has 0 spiro atoms. The van der Waals surface area contributed by atoms with Crippen LogP contribution in [0.5, 0.6) is 0 Å². The number of carbonyl (C=O) groups excluding carboxylic acids is 2. The Hall–Kier alpha value is -2.47. The minimum absolute atomic E-state index is 0.0327. The van der Waals surface area contributed by atoms with Gasteiger partial charge in [0.1, 0.15) is 0 Å². The second-order valence-electron chi connectivity index (χ2n) is 7.07. The van der Waals surface area contributed by atoms with Crippen LogP contribution in [0, 0.1) is 6.92 Å². The molecule has 1 amide bonds. The zero-order valence-electron chi connectivity index (χ0n) is 16.1. The van der Waals surface area contributed by atoms with Crippen molar-refractivity contribution in [1.29, 1.82) is 0 Å². The number of rotatable bonds is 7. The van der Waals surface area contributed by atoms with Gasteiger partial charge in [0.25, 0.3) is 0 Å². The van der Waals surface area contributed by atoms with Gasteiger partial charge in [0.2, 0.25) is 5.91 Å². The van der Waals surface area contributed by atoms with Gasteiger partial charge >= 0.3 is 0 Å². The van der Waals surface area contributed by atoms with E-state index in [1.54, 1.807) is 0 Å². The molecule has 1 saturated heterocycles. The average Bonchev–Trinajstić information content (AvgIpc) is 3.11. The van der Waals surface area contributed by atoms with Crippen LogP contribution in [0.15, 0.2) is 34.9 Å². The molecule has 1 aliphatic heterocycles. The molecule has 0 radical (unpaired) electrons. The summed E-state index contributed by atoms with van der Waals surface area (Å²) in [6.07, 6.45) is 1.49. The smallest absolute Gasteiger partial charge is 0.223 e. The van der Waals surface area contributed by atoms with Crippen molar-refractivity contribution in [1.82, 2.24) is 15.0 Å². The number of aryl methyl sites for hydroxylation is 2. The Balaban J connectivity index is 1.41. The fourth-order valence-electron chi connectivity index (χ4n) is 3.32. The maximum Gasteiger partial charge on any atom is 0.223 e. The van der Waals surface area contributed by atoms with Gasteiger partial charge in [-0.15, -0.1) is 0 Å². The van der Waals surface area contributed by atoms with Crippen LogP contribution in [0.4, 0.5) is 0 Å². The molecule has 2 aromatic rings. The summed E-state index contributed by atoms with van der Waals surface area (Å²) in [6, 6.07) is 9.61. The average molecular weight is 369 g/mol. The van der Waals surface area contributed by atoms with E-state index in [-0.39, 0.29) is 24.5 Å². The first kappa shape index (κ1) is 19.3. The topological polar surface area (TPSA) is 66.7 Å². The highest BCUT2D eigenvalue weighted by Gasteiger charge is 2.22. The molecule has 0 atom stereocenters. The van der Waals surface area contributed by atoms with Crippen molar-refractivity contribution in [3.63, 3.8) is 0 Å². The Kier molecular flexibility index (Phi) is 6.40. The quantitative estimate of drug-likeness (QED) is 0.702. The van der Waals surface area contributed by atoms with Crippen molar-refractivity contribution in [2.75, 3.05) is 26.2 Å². The number of carbonyl (C=O) groups is 2. The second-order valence-corrected chi connectivity index (χ2v) is 7.07. The van der Waals surface area contributed by atoms with Gasteiger partial charge in [0.15, 0.2) is 11.5 Å². The first-order valence-corrected chi connectivity index (χ1v) is 9.59. The summed E-state index contributed by atoms with van der Waals surface area (Å²) in [5.74, 6) is 0.945. The van der Waals surface area contributed by atoms with Gasteiger partial charge < -0.3 is 9.42 Å². The van der Waals surface area contributed by atoms with E-state index in [4.69, 9.17) is 4.52 Å². The summed E-state index contributed by atoms with van der Waals surface area (Å²) in [7, 11) is 0. The Labute approximate surface area is 160 Å². The molecule has 27 heavy (non-hydrogen) atoms. The second kappa shape index (κ2) is 8.95.